The molecule has 102 valence electrons. The van der Waals surface area contributed by atoms with E-state index in [-0.39, 0.29) is 11.8 Å². The molecule has 3 N–H and O–H groups in total. The number of nitrogen functional groups attached to an aromatic ring is 1. The van der Waals surface area contributed by atoms with Gasteiger partial charge in [-0.05, 0) is 30.7 Å². The zero-order valence-electron chi connectivity index (χ0n) is 11.0. The van der Waals surface area contributed by atoms with Crippen LogP contribution in [0.5, 0.6) is 5.75 Å². The molecule has 0 radical (unpaired) electrons. The highest BCUT2D eigenvalue weighted by Crippen LogP contribution is 2.34. The van der Waals surface area contributed by atoms with Crippen LogP contribution in [0.1, 0.15) is 17.9 Å². The second-order valence-corrected chi connectivity index (χ2v) is 4.84. The molecular formula is C16H16N2O2. The quantitative estimate of drug-likeness (QED) is 0.823. The van der Waals surface area contributed by atoms with Crippen LogP contribution in [0.4, 0.5) is 11.4 Å². The maximum atomic E-state index is 12.4. The van der Waals surface area contributed by atoms with Gasteiger partial charge in [0, 0.05) is 16.9 Å². The van der Waals surface area contributed by atoms with Gasteiger partial charge in [-0.2, -0.15) is 0 Å². The molecule has 4 nitrogen and oxygen atoms in total. The number of ether oxygens (including phenoxy) is 1. The molecule has 1 aliphatic rings. The van der Waals surface area contributed by atoms with Crippen molar-refractivity contribution in [1.82, 2.24) is 0 Å². The van der Waals surface area contributed by atoms with Crippen molar-refractivity contribution in [2.45, 2.75) is 12.3 Å². The number of nitrogens with one attached hydrogen (secondary N) is 1. The molecule has 1 atom stereocenters. The van der Waals surface area contributed by atoms with Crippen molar-refractivity contribution >= 4 is 17.3 Å². The lowest BCUT2D eigenvalue weighted by Crippen LogP contribution is -2.26. The molecule has 4 heteroatoms. The zero-order chi connectivity index (χ0) is 13.9. The highest BCUT2D eigenvalue weighted by atomic mass is 16.5. The fourth-order valence-electron chi connectivity index (χ4n) is 2.46. The first-order valence-electron chi connectivity index (χ1n) is 6.62. The molecule has 0 bridgehead atoms. The molecule has 0 spiro atoms. The number of anilines is 2. The van der Waals surface area contributed by atoms with Crippen molar-refractivity contribution in [3.8, 4) is 5.75 Å². The maximum absolute atomic E-state index is 12.4. The minimum atomic E-state index is -0.179. The molecule has 1 amide bonds. The van der Waals surface area contributed by atoms with Crippen molar-refractivity contribution in [2.75, 3.05) is 17.7 Å². The molecule has 1 aliphatic heterocycles. The van der Waals surface area contributed by atoms with E-state index in [1.54, 1.807) is 12.1 Å². The van der Waals surface area contributed by atoms with Crippen LogP contribution in [-0.2, 0) is 4.79 Å². The Kier molecular flexibility index (Phi) is 3.29. The van der Waals surface area contributed by atoms with Crippen LogP contribution >= 0.6 is 0 Å². The number of hydrogen-bond donors (Lipinski definition) is 2. The predicted octanol–water partition coefficient (Wildman–Crippen LogP) is 2.77. The summed E-state index contributed by atoms with van der Waals surface area (Å²) in [6, 6.07) is 14.9. The molecule has 1 heterocycles. The minimum Gasteiger partial charge on any atom is -0.493 e. The largest absolute Gasteiger partial charge is 0.493 e. The molecule has 2 aromatic rings. The fourth-order valence-corrected chi connectivity index (χ4v) is 2.46. The van der Waals surface area contributed by atoms with Crippen LogP contribution in [0.3, 0.4) is 0 Å². The van der Waals surface area contributed by atoms with E-state index >= 15 is 0 Å². The summed E-state index contributed by atoms with van der Waals surface area (Å²) in [6.07, 6.45) is 0.686. The van der Waals surface area contributed by atoms with Gasteiger partial charge in [0.2, 0.25) is 5.91 Å². The standard InChI is InChI=1S/C16H16N2O2/c17-11-4-3-5-12(10-11)18-16(19)14-8-9-20-15-7-2-1-6-13(14)15/h1-7,10,14H,8-9,17H2,(H,18,19). The first kappa shape index (κ1) is 12.5. The summed E-state index contributed by atoms with van der Waals surface area (Å²) < 4.78 is 5.57. The van der Waals surface area contributed by atoms with Gasteiger partial charge < -0.3 is 15.8 Å². The van der Waals surface area contributed by atoms with Gasteiger partial charge in [0.05, 0.1) is 12.5 Å². The lowest BCUT2D eigenvalue weighted by Gasteiger charge is -2.25. The summed E-state index contributed by atoms with van der Waals surface area (Å²) >= 11 is 0. The Morgan fingerprint density at radius 3 is 2.90 bits per heavy atom. The third kappa shape index (κ3) is 2.45. The average molecular weight is 268 g/mol. The van der Waals surface area contributed by atoms with Crippen LogP contribution in [0, 0.1) is 0 Å². The molecule has 0 aromatic heterocycles. The van der Waals surface area contributed by atoms with Crippen LogP contribution in [0.25, 0.3) is 0 Å². The third-order valence-corrected chi connectivity index (χ3v) is 3.43. The first-order valence-corrected chi connectivity index (χ1v) is 6.62. The van der Waals surface area contributed by atoms with Gasteiger partial charge in [0.25, 0.3) is 0 Å². The number of nitrogens with two attached hydrogens (primary N) is 1. The maximum Gasteiger partial charge on any atom is 0.232 e. The van der Waals surface area contributed by atoms with Crippen LogP contribution < -0.4 is 15.8 Å². The molecule has 0 fully saturated rings. The molecule has 20 heavy (non-hydrogen) atoms. The van der Waals surface area contributed by atoms with E-state index in [1.807, 2.05) is 36.4 Å². The van der Waals surface area contributed by atoms with Gasteiger partial charge in [-0.3, -0.25) is 4.79 Å². The smallest absolute Gasteiger partial charge is 0.232 e. The molecular weight excluding hydrogens is 252 g/mol. The molecule has 0 saturated carbocycles. The number of para-hydroxylation sites is 1. The molecule has 0 aliphatic carbocycles. The van der Waals surface area contributed by atoms with E-state index in [0.29, 0.717) is 18.7 Å². The Morgan fingerprint density at radius 2 is 2.05 bits per heavy atom. The summed E-state index contributed by atoms with van der Waals surface area (Å²) in [7, 11) is 0. The van der Waals surface area contributed by atoms with E-state index in [4.69, 9.17) is 10.5 Å². The predicted molar refractivity (Wildman–Crippen MR) is 78.8 cm³/mol. The summed E-state index contributed by atoms with van der Waals surface area (Å²) in [5, 5.41) is 2.92. The van der Waals surface area contributed by atoms with Crippen LogP contribution in [0.15, 0.2) is 48.5 Å². The SMILES string of the molecule is Nc1cccc(NC(=O)C2CCOc3ccccc32)c1. The van der Waals surface area contributed by atoms with E-state index in [9.17, 15) is 4.79 Å². The van der Waals surface area contributed by atoms with Crippen molar-refractivity contribution in [3.05, 3.63) is 54.1 Å². The number of fused-ring (bicyclic) bond motifs is 1. The van der Waals surface area contributed by atoms with Gasteiger partial charge >= 0.3 is 0 Å². The summed E-state index contributed by atoms with van der Waals surface area (Å²) in [5.74, 6) is 0.596. The van der Waals surface area contributed by atoms with Crippen LogP contribution in [0.2, 0.25) is 0 Å². The normalized spacial score (nSPS) is 16.9. The Bertz CT molecular complexity index is 640. The summed E-state index contributed by atoms with van der Waals surface area (Å²) in [4.78, 5) is 12.4. The number of rotatable bonds is 2. The second kappa shape index (κ2) is 5.25. The third-order valence-electron chi connectivity index (χ3n) is 3.43. The highest BCUT2D eigenvalue weighted by molar-refractivity contribution is 5.96. The van der Waals surface area contributed by atoms with E-state index < -0.39 is 0 Å². The Labute approximate surface area is 117 Å². The molecule has 1 unspecified atom stereocenters. The Morgan fingerprint density at radius 1 is 1.20 bits per heavy atom. The minimum absolute atomic E-state index is 0.0219. The lowest BCUT2D eigenvalue weighted by atomic mass is 9.92. The van der Waals surface area contributed by atoms with E-state index in [2.05, 4.69) is 5.32 Å². The summed E-state index contributed by atoms with van der Waals surface area (Å²) in [5.41, 5.74) is 8.02. The Hall–Kier alpha value is -2.49. The Balaban J connectivity index is 1.82. The molecule has 3 rings (SSSR count). The number of hydrogen-bond acceptors (Lipinski definition) is 3. The van der Waals surface area contributed by atoms with Gasteiger partial charge in [-0.1, -0.05) is 24.3 Å². The number of amides is 1. The van der Waals surface area contributed by atoms with Crippen LogP contribution in [-0.4, -0.2) is 12.5 Å². The van der Waals surface area contributed by atoms with Crippen molar-refractivity contribution < 1.29 is 9.53 Å². The van der Waals surface area contributed by atoms with E-state index in [1.165, 1.54) is 0 Å². The van der Waals surface area contributed by atoms with Gasteiger partial charge in [-0.25, -0.2) is 0 Å². The molecule has 0 saturated heterocycles. The van der Waals surface area contributed by atoms with Gasteiger partial charge in [0.15, 0.2) is 0 Å². The number of benzene rings is 2. The fraction of sp³-hybridized carbons (Fsp3) is 0.188. The number of carbonyl (C=O) groups is 1. The van der Waals surface area contributed by atoms with Crippen molar-refractivity contribution in [3.63, 3.8) is 0 Å². The monoisotopic (exact) mass is 268 g/mol. The second-order valence-electron chi connectivity index (χ2n) is 4.84. The van der Waals surface area contributed by atoms with Gasteiger partial charge in [0.1, 0.15) is 5.75 Å². The zero-order valence-corrected chi connectivity index (χ0v) is 11.0. The lowest BCUT2D eigenvalue weighted by molar-refractivity contribution is -0.118. The van der Waals surface area contributed by atoms with Crippen molar-refractivity contribution in [1.29, 1.82) is 0 Å². The highest BCUT2D eigenvalue weighted by Gasteiger charge is 2.27. The first-order chi connectivity index (χ1) is 9.74. The topological polar surface area (TPSA) is 64.3 Å². The van der Waals surface area contributed by atoms with E-state index in [0.717, 1.165) is 17.0 Å². The van der Waals surface area contributed by atoms with Crippen molar-refractivity contribution in [2.24, 2.45) is 0 Å². The number of carbonyl (C=O) groups excluding carboxylic acids is 1. The molecule has 2 aromatic carbocycles. The average Bonchev–Trinajstić information content (AvgIpc) is 2.46. The van der Waals surface area contributed by atoms with Gasteiger partial charge in [-0.15, -0.1) is 0 Å². The summed E-state index contributed by atoms with van der Waals surface area (Å²) in [6.45, 7) is 0.562.